The summed E-state index contributed by atoms with van der Waals surface area (Å²) < 4.78 is 2.09. The van der Waals surface area contributed by atoms with E-state index >= 15 is 0 Å². The average molecular weight is 502 g/mol. The number of rotatable bonds is 11. The van der Waals surface area contributed by atoms with Crippen LogP contribution in [-0.4, -0.2) is 44.3 Å². The molecule has 36 heavy (non-hydrogen) atoms. The second kappa shape index (κ2) is 12.3. The summed E-state index contributed by atoms with van der Waals surface area (Å²) in [7, 11) is 0. The van der Waals surface area contributed by atoms with Crippen LogP contribution in [0.25, 0.3) is 0 Å². The molecule has 0 saturated heterocycles. The number of benzene rings is 1. The highest BCUT2D eigenvalue weighted by Crippen LogP contribution is 2.17. The Morgan fingerprint density at radius 2 is 1.92 bits per heavy atom. The zero-order chi connectivity index (χ0) is 25.3. The van der Waals surface area contributed by atoms with Gasteiger partial charge >= 0.3 is 0 Å². The van der Waals surface area contributed by atoms with Crippen molar-refractivity contribution in [2.75, 3.05) is 13.1 Å². The van der Waals surface area contributed by atoms with Gasteiger partial charge in [0.1, 0.15) is 10.7 Å². The lowest BCUT2D eigenvalue weighted by atomic mass is 10.1. The maximum atomic E-state index is 13.3. The van der Waals surface area contributed by atoms with Gasteiger partial charge < -0.3 is 14.8 Å². The molecule has 0 aliphatic rings. The number of carbonyl (C=O) groups excluding carboxylic acids is 2. The summed E-state index contributed by atoms with van der Waals surface area (Å²) in [6.07, 6.45) is 5.29. The molecule has 3 aromatic heterocycles. The first-order valence-corrected chi connectivity index (χ1v) is 13.0. The van der Waals surface area contributed by atoms with E-state index in [-0.39, 0.29) is 11.8 Å². The Morgan fingerprint density at radius 1 is 1.08 bits per heavy atom. The Balaban J connectivity index is 1.38. The molecule has 0 radical (unpaired) electrons. The van der Waals surface area contributed by atoms with Crippen LogP contribution in [0.3, 0.4) is 0 Å². The van der Waals surface area contributed by atoms with E-state index < -0.39 is 0 Å². The summed E-state index contributed by atoms with van der Waals surface area (Å²) in [6, 6.07) is 17.5. The van der Waals surface area contributed by atoms with Crippen LogP contribution in [0.15, 0.2) is 72.4 Å². The first-order chi connectivity index (χ1) is 17.5. The smallest absolute Gasteiger partial charge is 0.270 e. The fourth-order valence-corrected chi connectivity index (χ4v) is 4.79. The molecule has 0 unspecified atom stereocenters. The van der Waals surface area contributed by atoms with Crippen molar-refractivity contribution in [3.63, 3.8) is 0 Å². The van der Waals surface area contributed by atoms with Gasteiger partial charge in [0.25, 0.3) is 11.8 Å². The van der Waals surface area contributed by atoms with E-state index in [9.17, 15) is 9.59 Å². The van der Waals surface area contributed by atoms with Crippen molar-refractivity contribution in [1.29, 1.82) is 0 Å². The van der Waals surface area contributed by atoms with Gasteiger partial charge in [-0.1, -0.05) is 31.2 Å². The molecule has 0 bridgehead atoms. The first-order valence-electron chi connectivity index (χ1n) is 12.2. The number of nitrogens with zero attached hydrogens (tertiary/aromatic N) is 4. The Bertz CT molecular complexity index is 1300. The van der Waals surface area contributed by atoms with Crippen LogP contribution in [0.2, 0.25) is 0 Å². The summed E-state index contributed by atoms with van der Waals surface area (Å²) in [5.41, 5.74) is 4.11. The highest BCUT2D eigenvalue weighted by Gasteiger charge is 2.19. The van der Waals surface area contributed by atoms with E-state index in [0.29, 0.717) is 38.3 Å². The summed E-state index contributed by atoms with van der Waals surface area (Å²) >= 11 is 1.46. The minimum absolute atomic E-state index is 0.0432. The van der Waals surface area contributed by atoms with Crippen molar-refractivity contribution >= 4 is 23.2 Å². The Labute approximate surface area is 215 Å². The molecule has 4 rings (SSSR count). The van der Waals surface area contributed by atoms with Gasteiger partial charge in [0, 0.05) is 54.2 Å². The number of hydrogen-bond acceptors (Lipinski definition) is 5. The molecule has 186 valence electrons. The van der Waals surface area contributed by atoms with Crippen molar-refractivity contribution in [3.8, 4) is 0 Å². The molecule has 0 aliphatic carbocycles. The number of aryl methyl sites for hydroxylation is 1. The number of carbonyl (C=O) groups is 2. The maximum absolute atomic E-state index is 13.3. The van der Waals surface area contributed by atoms with Crippen molar-refractivity contribution < 1.29 is 9.59 Å². The van der Waals surface area contributed by atoms with Gasteiger partial charge in [0.05, 0.1) is 13.1 Å². The fraction of sp³-hybridized carbons (Fsp3) is 0.286. The molecule has 1 aromatic carbocycles. The van der Waals surface area contributed by atoms with E-state index in [2.05, 4.69) is 26.8 Å². The van der Waals surface area contributed by atoms with E-state index in [0.717, 1.165) is 33.9 Å². The van der Waals surface area contributed by atoms with Crippen LogP contribution in [0.4, 0.5) is 0 Å². The molecule has 2 amide bonds. The highest BCUT2D eigenvalue weighted by molar-refractivity contribution is 7.09. The standard InChI is InChI=1S/C28H31N5O2S/c1-3-16-33(28(35)24-12-5-4-9-21(24)2)18-23-11-8-17-32(23)19-26-31-25(20-36-26)27(34)30-15-13-22-10-6-7-14-29-22/h4-12,14,17,20H,3,13,15-16,18-19H2,1-2H3,(H,30,34). The molecular formula is C28H31N5O2S. The van der Waals surface area contributed by atoms with Gasteiger partial charge in [-0.05, 0) is 49.2 Å². The van der Waals surface area contributed by atoms with Gasteiger partial charge in [-0.2, -0.15) is 0 Å². The molecule has 0 aliphatic heterocycles. The van der Waals surface area contributed by atoms with Crippen LogP contribution in [0, 0.1) is 6.92 Å². The highest BCUT2D eigenvalue weighted by atomic mass is 32.1. The van der Waals surface area contributed by atoms with E-state index in [4.69, 9.17) is 0 Å². The number of amides is 2. The molecule has 7 nitrogen and oxygen atoms in total. The van der Waals surface area contributed by atoms with E-state index in [1.54, 1.807) is 11.6 Å². The van der Waals surface area contributed by atoms with Gasteiger partial charge in [0.2, 0.25) is 0 Å². The lowest BCUT2D eigenvalue weighted by molar-refractivity contribution is 0.0738. The summed E-state index contributed by atoms with van der Waals surface area (Å²) in [4.78, 5) is 36.5. The predicted molar refractivity (Wildman–Crippen MR) is 142 cm³/mol. The van der Waals surface area contributed by atoms with Crippen LogP contribution in [-0.2, 0) is 19.5 Å². The zero-order valence-corrected chi connectivity index (χ0v) is 21.5. The molecular weight excluding hydrogens is 470 g/mol. The number of hydrogen-bond donors (Lipinski definition) is 1. The third kappa shape index (κ3) is 6.46. The third-order valence-corrected chi connectivity index (χ3v) is 6.75. The van der Waals surface area contributed by atoms with Crippen LogP contribution < -0.4 is 5.32 Å². The van der Waals surface area contributed by atoms with Gasteiger partial charge in [-0.3, -0.25) is 14.6 Å². The second-order valence-corrected chi connectivity index (χ2v) is 9.57. The number of pyridine rings is 1. The van der Waals surface area contributed by atoms with Crippen LogP contribution >= 0.6 is 11.3 Å². The van der Waals surface area contributed by atoms with Crippen molar-refractivity contribution in [2.45, 2.75) is 39.8 Å². The molecule has 0 fully saturated rings. The minimum Gasteiger partial charge on any atom is -0.350 e. The largest absolute Gasteiger partial charge is 0.350 e. The van der Waals surface area contributed by atoms with Crippen molar-refractivity contribution in [2.24, 2.45) is 0 Å². The normalized spacial score (nSPS) is 10.8. The van der Waals surface area contributed by atoms with Gasteiger partial charge in [-0.25, -0.2) is 4.98 Å². The predicted octanol–water partition coefficient (Wildman–Crippen LogP) is 4.72. The summed E-state index contributed by atoms with van der Waals surface area (Å²) in [5.74, 6) is -0.138. The molecule has 0 atom stereocenters. The molecule has 0 saturated carbocycles. The fourth-order valence-electron chi connectivity index (χ4n) is 4.02. The summed E-state index contributed by atoms with van der Waals surface area (Å²) in [5, 5.41) is 5.55. The topological polar surface area (TPSA) is 80.1 Å². The van der Waals surface area contributed by atoms with E-state index in [1.807, 2.05) is 72.6 Å². The van der Waals surface area contributed by atoms with Crippen molar-refractivity contribution in [1.82, 2.24) is 24.8 Å². The maximum Gasteiger partial charge on any atom is 0.270 e. The molecule has 0 spiro atoms. The lowest BCUT2D eigenvalue weighted by Gasteiger charge is -2.24. The second-order valence-electron chi connectivity index (χ2n) is 8.62. The van der Waals surface area contributed by atoms with E-state index in [1.165, 1.54) is 11.3 Å². The SMILES string of the molecule is CCCN(Cc1cccn1Cc1nc(C(=O)NCCc2ccccn2)cs1)C(=O)c1ccccc1C. The molecule has 4 aromatic rings. The summed E-state index contributed by atoms with van der Waals surface area (Å²) in [6.45, 7) is 6.29. The number of nitrogens with one attached hydrogen (secondary N) is 1. The van der Waals surface area contributed by atoms with Crippen LogP contribution in [0.5, 0.6) is 0 Å². The number of aromatic nitrogens is 3. The Morgan fingerprint density at radius 3 is 2.69 bits per heavy atom. The third-order valence-electron chi connectivity index (χ3n) is 5.92. The lowest BCUT2D eigenvalue weighted by Crippen LogP contribution is -2.32. The molecule has 1 N–H and O–H groups in total. The van der Waals surface area contributed by atoms with Crippen LogP contribution in [0.1, 0.15) is 56.1 Å². The Hall–Kier alpha value is -3.78. The zero-order valence-electron chi connectivity index (χ0n) is 20.7. The number of thiazole rings is 1. The van der Waals surface area contributed by atoms with Gasteiger partial charge in [-0.15, -0.1) is 11.3 Å². The Kier molecular flexibility index (Phi) is 8.62. The molecule has 3 heterocycles. The van der Waals surface area contributed by atoms with Crippen molar-refractivity contribution in [3.05, 3.63) is 106 Å². The first kappa shape index (κ1) is 25.3. The molecule has 8 heteroatoms. The monoisotopic (exact) mass is 501 g/mol. The minimum atomic E-state index is -0.181. The quantitative estimate of drug-likeness (QED) is 0.322. The van der Waals surface area contributed by atoms with Gasteiger partial charge in [0.15, 0.2) is 0 Å². The average Bonchev–Trinajstić information content (AvgIpc) is 3.54.